The molecule has 0 spiro atoms. The summed E-state index contributed by atoms with van der Waals surface area (Å²) in [5.74, 6) is -1.74. The van der Waals surface area contributed by atoms with Crippen LogP contribution in [0.1, 0.15) is 17.0 Å². The molecule has 1 heterocycles. The Balaban J connectivity index is 2.47. The normalized spacial score (nSPS) is 11.8. The maximum atomic E-state index is 12.3. The van der Waals surface area contributed by atoms with Crippen molar-refractivity contribution in [3.05, 3.63) is 29.2 Å². The van der Waals surface area contributed by atoms with Crippen molar-refractivity contribution in [2.75, 3.05) is 0 Å². The molecule has 0 aliphatic rings. The molecule has 1 aromatic heterocycles. The quantitative estimate of drug-likeness (QED) is 0.785. The van der Waals surface area contributed by atoms with Crippen LogP contribution < -0.4 is 0 Å². The van der Waals surface area contributed by atoms with Gasteiger partial charge in [-0.3, -0.25) is 5.11 Å². The summed E-state index contributed by atoms with van der Waals surface area (Å²) < 4.78 is 41.0. The highest BCUT2D eigenvalue weighted by atomic mass is 19.4. The van der Waals surface area contributed by atoms with Crippen LogP contribution in [-0.2, 0) is 11.3 Å². The second kappa shape index (κ2) is 4.01. The highest BCUT2D eigenvalue weighted by Gasteiger charge is 2.38. The third-order valence-electron chi connectivity index (χ3n) is 2.39. The summed E-state index contributed by atoms with van der Waals surface area (Å²) in [6, 6.07) is 2.86. The second-order valence-corrected chi connectivity index (χ2v) is 3.86. The van der Waals surface area contributed by atoms with Crippen LogP contribution in [0.2, 0.25) is 0 Å². The molecule has 0 atom stereocenters. The molecule has 0 amide bonds. The zero-order valence-corrected chi connectivity index (χ0v) is 9.50. The van der Waals surface area contributed by atoms with Crippen molar-refractivity contribution in [1.82, 2.24) is 10.1 Å². The molecule has 0 aliphatic carbocycles. The fourth-order valence-electron chi connectivity index (χ4n) is 1.54. The highest BCUT2D eigenvalue weighted by Crippen LogP contribution is 2.31. The maximum Gasteiger partial charge on any atom is 0.471 e. The summed E-state index contributed by atoms with van der Waals surface area (Å²) in [6.07, 6.45) is -4.67. The maximum absolute atomic E-state index is 12.3. The summed E-state index contributed by atoms with van der Waals surface area (Å²) in [4.78, 5) is 3.26. The second-order valence-electron chi connectivity index (χ2n) is 3.86. The van der Waals surface area contributed by atoms with Crippen LogP contribution in [0.4, 0.5) is 13.2 Å². The van der Waals surface area contributed by atoms with Crippen molar-refractivity contribution in [2.24, 2.45) is 0 Å². The van der Waals surface area contributed by atoms with Crippen LogP contribution in [0, 0.1) is 13.8 Å². The first-order valence-corrected chi connectivity index (χ1v) is 4.98. The van der Waals surface area contributed by atoms with E-state index in [1.807, 2.05) is 0 Å². The lowest BCUT2D eigenvalue weighted by Gasteiger charge is -2.02. The molecule has 0 N–H and O–H groups in total. The van der Waals surface area contributed by atoms with Gasteiger partial charge in [-0.15, -0.1) is 0 Å². The molecule has 0 unspecified atom stereocenters. The standard InChI is InChI=1S/C11H8F3N2O2/c1-5-3-7(4-6(2)8(5)17)9-15-10(18-16-9)11(12,13)14/h3-4H,1-2H3. The number of rotatable bonds is 1. The number of aryl methyl sites for hydroxylation is 2. The average molecular weight is 257 g/mol. The number of alkyl halides is 3. The van der Waals surface area contributed by atoms with Gasteiger partial charge in [-0.2, -0.15) is 18.2 Å². The largest absolute Gasteiger partial charge is 0.471 e. The predicted molar refractivity (Wildman–Crippen MR) is 54.3 cm³/mol. The number of aromatic nitrogens is 2. The van der Waals surface area contributed by atoms with E-state index in [0.717, 1.165) is 0 Å². The van der Waals surface area contributed by atoms with Crippen molar-refractivity contribution in [3.63, 3.8) is 0 Å². The molecule has 7 heteroatoms. The molecule has 2 rings (SSSR count). The van der Waals surface area contributed by atoms with Gasteiger partial charge in [0.1, 0.15) is 0 Å². The lowest BCUT2D eigenvalue weighted by molar-refractivity contribution is -0.159. The Morgan fingerprint density at radius 1 is 1.17 bits per heavy atom. The van der Waals surface area contributed by atoms with Gasteiger partial charge < -0.3 is 4.52 Å². The highest BCUT2D eigenvalue weighted by molar-refractivity contribution is 5.60. The predicted octanol–water partition coefficient (Wildman–Crippen LogP) is 3.52. The topological polar surface area (TPSA) is 58.8 Å². The zero-order chi connectivity index (χ0) is 13.5. The number of halogens is 3. The first kappa shape index (κ1) is 12.4. The van der Waals surface area contributed by atoms with E-state index in [1.54, 1.807) is 13.8 Å². The van der Waals surface area contributed by atoms with Gasteiger partial charge in [0.05, 0.1) is 0 Å². The Morgan fingerprint density at radius 3 is 2.17 bits per heavy atom. The molecule has 1 radical (unpaired) electrons. The zero-order valence-electron chi connectivity index (χ0n) is 9.50. The van der Waals surface area contributed by atoms with Gasteiger partial charge in [0.15, 0.2) is 5.75 Å². The molecule has 0 bridgehead atoms. The Kier molecular flexibility index (Phi) is 2.76. The van der Waals surface area contributed by atoms with Crippen molar-refractivity contribution in [2.45, 2.75) is 20.0 Å². The van der Waals surface area contributed by atoms with E-state index < -0.39 is 12.1 Å². The van der Waals surface area contributed by atoms with Crippen LogP contribution in [0.3, 0.4) is 0 Å². The molecule has 4 nitrogen and oxygen atoms in total. The summed E-state index contributed by atoms with van der Waals surface area (Å²) >= 11 is 0. The number of benzene rings is 1. The molecule has 0 saturated heterocycles. The van der Waals surface area contributed by atoms with Crippen molar-refractivity contribution in [3.8, 4) is 17.1 Å². The van der Waals surface area contributed by atoms with Gasteiger partial charge in [-0.05, 0) is 37.1 Å². The van der Waals surface area contributed by atoms with E-state index in [0.29, 0.717) is 16.7 Å². The molecule has 1 aromatic carbocycles. The van der Waals surface area contributed by atoms with E-state index >= 15 is 0 Å². The van der Waals surface area contributed by atoms with Crippen LogP contribution in [0.25, 0.3) is 11.4 Å². The molecule has 18 heavy (non-hydrogen) atoms. The first-order valence-electron chi connectivity index (χ1n) is 4.98. The van der Waals surface area contributed by atoms with Crippen LogP contribution >= 0.6 is 0 Å². The summed E-state index contributed by atoms with van der Waals surface area (Å²) in [5, 5.41) is 14.7. The average Bonchev–Trinajstić information content (AvgIpc) is 2.73. The van der Waals surface area contributed by atoms with Crippen molar-refractivity contribution >= 4 is 0 Å². The van der Waals surface area contributed by atoms with Crippen LogP contribution in [-0.4, -0.2) is 10.1 Å². The lowest BCUT2D eigenvalue weighted by atomic mass is 10.1. The van der Waals surface area contributed by atoms with Gasteiger partial charge in [0.2, 0.25) is 5.82 Å². The van der Waals surface area contributed by atoms with Crippen LogP contribution in [0.5, 0.6) is 5.75 Å². The summed E-state index contributed by atoms with van der Waals surface area (Å²) in [7, 11) is 0. The Hall–Kier alpha value is -2.05. The van der Waals surface area contributed by atoms with Gasteiger partial charge in [0, 0.05) is 5.56 Å². The number of nitrogens with zero attached hydrogens (tertiary/aromatic N) is 2. The van der Waals surface area contributed by atoms with Gasteiger partial charge in [-0.25, -0.2) is 0 Å². The monoisotopic (exact) mass is 257 g/mol. The third-order valence-corrected chi connectivity index (χ3v) is 2.39. The Labute approximate surface area is 100 Å². The van der Waals surface area contributed by atoms with E-state index in [-0.39, 0.29) is 11.6 Å². The van der Waals surface area contributed by atoms with Crippen LogP contribution in [0.15, 0.2) is 16.7 Å². The Morgan fingerprint density at radius 2 is 1.72 bits per heavy atom. The number of hydrogen-bond donors (Lipinski definition) is 0. The first-order chi connectivity index (χ1) is 8.29. The molecular weight excluding hydrogens is 249 g/mol. The summed E-state index contributed by atoms with van der Waals surface area (Å²) in [6.45, 7) is 3.15. The fraction of sp³-hybridized carbons (Fsp3) is 0.273. The van der Waals surface area contributed by atoms with E-state index in [1.165, 1.54) is 12.1 Å². The molecular formula is C11H8F3N2O2. The van der Waals surface area contributed by atoms with Gasteiger partial charge >= 0.3 is 12.1 Å². The molecule has 2 aromatic rings. The third kappa shape index (κ3) is 2.15. The lowest BCUT2D eigenvalue weighted by Crippen LogP contribution is -2.04. The molecule has 0 saturated carbocycles. The minimum absolute atomic E-state index is 0.154. The van der Waals surface area contributed by atoms with Crippen molar-refractivity contribution in [1.29, 1.82) is 0 Å². The Bertz CT molecular complexity index is 567. The minimum Gasteiger partial charge on any atom is -0.329 e. The minimum atomic E-state index is -4.67. The van der Waals surface area contributed by atoms with E-state index in [4.69, 9.17) is 0 Å². The SMILES string of the molecule is Cc1cc(-c2noc(C(F)(F)F)n2)cc(C)c1[O]. The van der Waals surface area contributed by atoms with E-state index in [9.17, 15) is 18.3 Å². The number of hydrogen-bond acceptors (Lipinski definition) is 3. The van der Waals surface area contributed by atoms with Gasteiger partial charge in [-0.1, -0.05) is 5.16 Å². The van der Waals surface area contributed by atoms with Crippen molar-refractivity contribution < 1.29 is 22.8 Å². The molecule has 0 aliphatic heterocycles. The van der Waals surface area contributed by atoms with Gasteiger partial charge in [0.25, 0.3) is 0 Å². The molecule has 95 valence electrons. The van der Waals surface area contributed by atoms with E-state index in [2.05, 4.69) is 14.7 Å². The fourth-order valence-corrected chi connectivity index (χ4v) is 1.54. The smallest absolute Gasteiger partial charge is 0.329 e. The summed E-state index contributed by atoms with van der Waals surface area (Å²) in [5.41, 5.74) is 1.16. The molecule has 0 fully saturated rings.